The lowest BCUT2D eigenvalue weighted by Gasteiger charge is -2.06. The minimum absolute atomic E-state index is 0.0813. The number of nitrogens with zero attached hydrogens (tertiary/aromatic N) is 2. The van der Waals surface area contributed by atoms with Gasteiger partial charge in [-0.1, -0.05) is 12.1 Å². The molecule has 1 heterocycles. The molecule has 3 rings (SSSR count). The van der Waals surface area contributed by atoms with Crippen LogP contribution in [0.1, 0.15) is 35.7 Å². The standard InChI is InChI=1S/C18H18N4O2/c1-12(21-22-18(24)15-8-10-19-11-9-15)13-4-6-16(7-5-13)20-17(23)14-2-3-14/h4-11,14H,2-3H2,1H3,(H,20,23)(H,22,24)/b21-12-. The van der Waals surface area contributed by atoms with Crippen molar-refractivity contribution < 1.29 is 9.59 Å². The first kappa shape index (κ1) is 15.9. The zero-order valence-corrected chi connectivity index (χ0v) is 13.3. The van der Waals surface area contributed by atoms with Crippen molar-refractivity contribution in [2.45, 2.75) is 19.8 Å². The summed E-state index contributed by atoms with van der Waals surface area (Å²) in [5, 5.41) is 7.00. The second kappa shape index (κ2) is 7.04. The molecule has 0 unspecified atom stereocenters. The van der Waals surface area contributed by atoms with Gasteiger partial charge in [-0.05, 0) is 49.6 Å². The van der Waals surface area contributed by atoms with E-state index in [2.05, 4.69) is 20.8 Å². The summed E-state index contributed by atoms with van der Waals surface area (Å²) in [5.41, 5.74) is 5.33. The van der Waals surface area contributed by atoms with Crippen LogP contribution in [0, 0.1) is 5.92 Å². The van der Waals surface area contributed by atoms with Crippen molar-refractivity contribution in [3.8, 4) is 0 Å². The second-order valence-corrected chi connectivity index (χ2v) is 5.71. The van der Waals surface area contributed by atoms with Crippen molar-refractivity contribution in [3.05, 3.63) is 59.9 Å². The molecule has 1 saturated carbocycles. The summed E-state index contributed by atoms with van der Waals surface area (Å²) in [6.45, 7) is 1.81. The second-order valence-electron chi connectivity index (χ2n) is 5.71. The molecule has 1 aromatic heterocycles. The van der Waals surface area contributed by atoms with Gasteiger partial charge in [-0.15, -0.1) is 0 Å². The maximum Gasteiger partial charge on any atom is 0.271 e. The van der Waals surface area contributed by atoms with Crippen LogP contribution in [-0.4, -0.2) is 22.5 Å². The molecule has 2 amide bonds. The molecule has 122 valence electrons. The molecule has 2 N–H and O–H groups in total. The highest BCUT2D eigenvalue weighted by Crippen LogP contribution is 2.30. The van der Waals surface area contributed by atoms with E-state index in [1.165, 1.54) is 0 Å². The fraction of sp³-hybridized carbons (Fsp3) is 0.222. The van der Waals surface area contributed by atoms with E-state index < -0.39 is 0 Å². The number of hydrogen-bond acceptors (Lipinski definition) is 4. The summed E-state index contributed by atoms with van der Waals surface area (Å²) >= 11 is 0. The highest BCUT2D eigenvalue weighted by Gasteiger charge is 2.29. The third-order valence-corrected chi connectivity index (χ3v) is 3.79. The Bertz CT molecular complexity index is 765. The average molecular weight is 322 g/mol. The van der Waals surface area contributed by atoms with Crippen LogP contribution in [-0.2, 0) is 4.79 Å². The zero-order valence-electron chi connectivity index (χ0n) is 13.3. The summed E-state index contributed by atoms with van der Waals surface area (Å²) in [6, 6.07) is 10.6. The number of benzene rings is 1. The number of carbonyl (C=O) groups is 2. The Balaban J connectivity index is 1.60. The van der Waals surface area contributed by atoms with Crippen LogP contribution in [0.25, 0.3) is 0 Å². The van der Waals surface area contributed by atoms with Gasteiger partial charge in [-0.2, -0.15) is 5.10 Å². The van der Waals surface area contributed by atoms with Crippen LogP contribution >= 0.6 is 0 Å². The SMILES string of the molecule is C/C(=N/NC(=O)c1ccncc1)c1ccc(NC(=O)C2CC2)cc1. The normalized spacial score (nSPS) is 14.1. The molecule has 0 aliphatic heterocycles. The number of hydrazone groups is 1. The third kappa shape index (κ3) is 4.04. The van der Waals surface area contributed by atoms with E-state index in [4.69, 9.17) is 0 Å². The molecule has 2 aromatic rings. The highest BCUT2D eigenvalue weighted by atomic mass is 16.2. The van der Waals surface area contributed by atoms with Crippen LogP contribution < -0.4 is 10.7 Å². The summed E-state index contributed by atoms with van der Waals surface area (Å²) in [4.78, 5) is 27.5. The predicted molar refractivity (Wildman–Crippen MR) is 91.7 cm³/mol. The molecule has 1 fully saturated rings. The lowest BCUT2D eigenvalue weighted by Crippen LogP contribution is -2.19. The average Bonchev–Trinajstić information content (AvgIpc) is 3.46. The van der Waals surface area contributed by atoms with E-state index in [-0.39, 0.29) is 17.7 Å². The molecule has 24 heavy (non-hydrogen) atoms. The van der Waals surface area contributed by atoms with Gasteiger partial charge in [0.15, 0.2) is 0 Å². The van der Waals surface area contributed by atoms with Crippen LogP contribution in [0.3, 0.4) is 0 Å². The number of anilines is 1. The first-order chi connectivity index (χ1) is 11.6. The molecule has 0 radical (unpaired) electrons. The number of carbonyl (C=O) groups excluding carboxylic acids is 2. The Kier molecular flexibility index (Phi) is 4.65. The van der Waals surface area contributed by atoms with E-state index in [0.29, 0.717) is 11.3 Å². The Labute approximate surface area is 140 Å². The van der Waals surface area contributed by atoms with E-state index in [1.807, 2.05) is 31.2 Å². The Morgan fingerprint density at radius 1 is 1.04 bits per heavy atom. The van der Waals surface area contributed by atoms with Gasteiger partial charge in [0.05, 0.1) is 5.71 Å². The molecule has 0 saturated heterocycles. The van der Waals surface area contributed by atoms with Crippen molar-refractivity contribution in [3.63, 3.8) is 0 Å². The Hall–Kier alpha value is -3.02. The van der Waals surface area contributed by atoms with Gasteiger partial charge in [-0.25, -0.2) is 5.43 Å². The third-order valence-electron chi connectivity index (χ3n) is 3.79. The summed E-state index contributed by atoms with van der Waals surface area (Å²) in [5.74, 6) is -0.0285. The molecule has 1 aromatic carbocycles. The number of amides is 2. The van der Waals surface area contributed by atoms with E-state index in [9.17, 15) is 9.59 Å². The molecular weight excluding hydrogens is 304 g/mol. The number of aromatic nitrogens is 1. The van der Waals surface area contributed by atoms with Crippen molar-refractivity contribution in [2.75, 3.05) is 5.32 Å². The largest absolute Gasteiger partial charge is 0.326 e. The fourth-order valence-corrected chi connectivity index (χ4v) is 2.15. The van der Waals surface area contributed by atoms with Crippen molar-refractivity contribution >= 4 is 23.2 Å². The first-order valence-electron chi connectivity index (χ1n) is 7.79. The van der Waals surface area contributed by atoms with Crippen LogP contribution in [0.2, 0.25) is 0 Å². The molecule has 6 nitrogen and oxygen atoms in total. The highest BCUT2D eigenvalue weighted by molar-refractivity contribution is 6.01. The lowest BCUT2D eigenvalue weighted by atomic mass is 10.1. The van der Waals surface area contributed by atoms with Crippen LogP contribution in [0.15, 0.2) is 53.9 Å². The van der Waals surface area contributed by atoms with Gasteiger partial charge < -0.3 is 5.32 Å². The van der Waals surface area contributed by atoms with Crippen molar-refractivity contribution in [2.24, 2.45) is 11.0 Å². The minimum Gasteiger partial charge on any atom is -0.326 e. The minimum atomic E-state index is -0.287. The molecular formula is C18H18N4O2. The molecule has 0 bridgehead atoms. The fourth-order valence-electron chi connectivity index (χ4n) is 2.15. The van der Waals surface area contributed by atoms with Crippen LogP contribution in [0.4, 0.5) is 5.69 Å². The van der Waals surface area contributed by atoms with Gasteiger partial charge in [0.1, 0.15) is 0 Å². The smallest absolute Gasteiger partial charge is 0.271 e. The summed E-state index contributed by atoms with van der Waals surface area (Å²) in [7, 11) is 0. The van der Waals surface area contributed by atoms with Gasteiger partial charge in [0.2, 0.25) is 5.91 Å². The first-order valence-corrected chi connectivity index (χ1v) is 7.79. The quantitative estimate of drug-likeness (QED) is 0.655. The van der Waals surface area contributed by atoms with Crippen molar-refractivity contribution in [1.29, 1.82) is 0 Å². The Morgan fingerprint density at radius 3 is 2.33 bits per heavy atom. The maximum absolute atomic E-state index is 11.9. The molecule has 1 aliphatic carbocycles. The van der Waals surface area contributed by atoms with E-state index in [1.54, 1.807) is 24.5 Å². The number of nitrogens with one attached hydrogen (secondary N) is 2. The van der Waals surface area contributed by atoms with Gasteiger partial charge in [0.25, 0.3) is 5.91 Å². The maximum atomic E-state index is 11.9. The number of hydrogen-bond donors (Lipinski definition) is 2. The monoisotopic (exact) mass is 322 g/mol. The summed E-state index contributed by atoms with van der Waals surface area (Å²) < 4.78 is 0. The topological polar surface area (TPSA) is 83.4 Å². The van der Waals surface area contributed by atoms with Crippen LogP contribution in [0.5, 0.6) is 0 Å². The predicted octanol–water partition coefficient (Wildman–Crippen LogP) is 2.58. The zero-order chi connectivity index (χ0) is 16.9. The van der Waals surface area contributed by atoms with Gasteiger partial charge >= 0.3 is 0 Å². The summed E-state index contributed by atoms with van der Waals surface area (Å²) in [6.07, 6.45) is 5.07. The number of pyridine rings is 1. The van der Waals surface area contributed by atoms with E-state index >= 15 is 0 Å². The van der Waals surface area contributed by atoms with Crippen molar-refractivity contribution in [1.82, 2.24) is 10.4 Å². The van der Waals surface area contributed by atoms with Gasteiger partial charge in [0, 0.05) is 29.6 Å². The molecule has 0 atom stereocenters. The molecule has 6 heteroatoms. The van der Waals surface area contributed by atoms with E-state index in [0.717, 1.165) is 24.1 Å². The Morgan fingerprint density at radius 2 is 1.71 bits per heavy atom. The lowest BCUT2D eigenvalue weighted by molar-refractivity contribution is -0.117. The van der Waals surface area contributed by atoms with Gasteiger partial charge in [-0.3, -0.25) is 14.6 Å². The number of rotatable bonds is 5. The molecule has 1 aliphatic rings. The molecule has 0 spiro atoms.